The van der Waals surface area contributed by atoms with Gasteiger partial charge in [-0.05, 0) is 19.1 Å². The van der Waals surface area contributed by atoms with Crippen LogP contribution in [-0.2, 0) is 0 Å². The summed E-state index contributed by atoms with van der Waals surface area (Å²) in [7, 11) is 0. The minimum Gasteiger partial charge on any atom is -0.334 e. The van der Waals surface area contributed by atoms with Crippen molar-refractivity contribution < 1.29 is 4.52 Å². The molecule has 1 N–H and O–H groups in total. The van der Waals surface area contributed by atoms with Crippen LogP contribution in [0.3, 0.4) is 0 Å². The van der Waals surface area contributed by atoms with E-state index in [1.54, 1.807) is 43.3 Å². The summed E-state index contributed by atoms with van der Waals surface area (Å²) in [6, 6.07) is 10.4. The second kappa shape index (κ2) is 5.43. The molecule has 1 aromatic heterocycles. The van der Waals surface area contributed by atoms with Crippen molar-refractivity contribution >= 4 is 11.4 Å². The van der Waals surface area contributed by atoms with E-state index in [-0.39, 0.29) is 5.71 Å². The number of aryl methyl sites for hydroxylation is 1. The molecule has 92 valence electrons. The van der Waals surface area contributed by atoms with Gasteiger partial charge < -0.3 is 4.52 Å². The van der Waals surface area contributed by atoms with Gasteiger partial charge in [0.1, 0.15) is 12.1 Å². The predicted octanol–water partition coefficient (Wildman–Crippen LogP) is 1.86. The summed E-state index contributed by atoms with van der Waals surface area (Å²) in [6.45, 7) is 1.71. The van der Waals surface area contributed by atoms with Gasteiger partial charge in [0.15, 0.2) is 5.82 Å². The number of hydrogen-bond donors (Lipinski definition) is 1. The summed E-state index contributed by atoms with van der Waals surface area (Å²) >= 11 is 0. The number of hydrazone groups is 1. The number of nitriles is 2. The molecule has 2 aromatic rings. The lowest BCUT2D eigenvalue weighted by atomic mass is 10.2. The molecule has 7 heteroatoms. The normalized spacial score (nSPS) is 9.21. The molecule has 0 spiro atoms. The maximum Gasteiger partial charge on any atom is 0.260 e. The Morgan fingerprint density at radius 1 is 1.32 bits per heavy atom. The van der Waals surface area contributed by atoms with E-state index in [0.717, 1.165) is 0 Å². The highest BCUT2D eigenvalue weighted by Crippen LogP contribution is 2.26. The third-order valence-electron chi connectivity index (χ3n) is 2.19. The average Bonchev–Trinajstić information content (AvgIpc) is 2.87. The van der Waals surface area contributed by atoms with Crippen LogP contribution >= 0.6 is 0 Å². The van der Waals surface area contributed by atoms with E-state index in [4.69, 9.17) is 15.0 Å². The van der Waals surface area contributed by atoms with Crippen LogP contribution in [0, 0.1) is 29.6 Å². The lowest BCUT2D eigenvalue weighted by molar-refractivity contribution is 0.426. The Labute approximate surface area is 108 Å². The molecule has 0 atom stereocenters. The highest BCUT2D eigenvalue weighted by Gasteiger charge is 2.10. The van der Waals surface area contributed by atoms with Gasteiger partial charge in [0.05, 0.1) is 11.3 Å². The van der Waals surface area contributed by atoms with Gasteiger partial charge in [0.25, 0.3) is 5.89 Å². The zero-order chi connectivity index (χ0) is 13.7. The lowest BCUT2D eigenvalue weighted by Crippen LogP contribution is -1.97. The van der Waals surface area contributed by atoms with Crippen molar-refractivity contribution in [2.45, 2.75) is 6.92 Å². The van der Waals surface area contributed by atoms with Gasteiger partial charge in [0, 0.05) is 0 Å². The minimum atomic E-state index is -0.267. The van der Waals surface area contributed by atoms with Gasteiger partial charge >= 0.3 is 0 Å². The summed E-state index contributed by atoms with van der Waals surface area (Å²) in [5.74, 6) is 0.856. The molecule has 0 unspecified atom stereocenters. The number of nitrogens with zero attached hydrogens (tertiary/aromatic N) is 5. The van der Waals surface area contributed by atoms with Gasteiger partial charge in [-0.15, -0.1) is 0 Å². The fraction of sp³-hybridized carbons (Fsp3) is 0.0833. The Balaban J connectivity index is 2.36. The van der Waals surface area contributed by atoms with E-state index in [2.05, 4.69) is 20.7 Å². The monoisotopic (exact) mass is 252 g/mol. The molecule has 0 fully saturated rings. The van der Waals surface area contributed by atoms with Crippen molar-refractivity contribution in [1.29, 1.82) is 10.5 Å². The Bertz CT molecular complexity index is 687. The molecular weight excluding hydrogens is 244 g/mol. The molecule has 19 heavy (non-hydrogen) atoms. The van der Waals surface area contributed by atoms with Crippen LogP contribution in [0.25, 0.3) is 11.5 Å². The summed E-state index contributed by atoms with van der Waals surface area (Å²) < 4.78 is 5.07. The smallest absolute Gasteiger partial charge is 0.260 e. The third kappa shape index (κ3) is 2.73. The molecule has 0 amide bonds. The van der Waals surface area contributed by atoms with Crippen molar-refractivity contribution in [2.75, 3.05) is 5.43 Å². The zero-order valence-electron chi connectivity index (χ0n) is 9.95. The van der Waals surface area contributed by atoms with Crippen LogP contribution in [0.5, 0.6) is 0 Å². The quantitative estimate of drug-likeness (QED) is 0.659. The topological polar surface area (TPSA) is 111 Å². The molecule has 0 saturated carbocycles. The Hall–Kier alpha value is -3.19. The first-order valence-corrected chi connectivity index (χ1v) is 5.28. The van der Waals surface area contributed by atoms with Crippen LogP contribution < -0.4 is 5.43 Å². The Morgan fingerprint density at radius 2 is 2.05 bits per heavy atom. The van der Waals surface area contributed by atoms with E-state index >= 15 is 0 Å². The second-order valence-corrected chi connectivity index (χ2v) is 3.49. The van der Waals surface area contributed by atoms with Crippen molar-refractivity contribution in [2.24, 2.45) is 5.10 Å². The molecule has 7 nitrogen and oxygen atoms in total. The molecule has 1 heterocycles. The lowest BCUT2D eigenvalue weighted by Gasteiger charge is -2.04. The van der Waals surface area contributed by atoms with Crippen molar-refractivity contribution in [3.8, 4) is 23.6 Å². The first-order chi connectivity index (χ1) is 9.24. The summed E-state index contributed by atoms with van der Waals surface area (Å²) in [5, 5.41) is 24.6. The maximum atomic E-state index is 8.61. The molecule has 0 radical (unpaired) electrons. The van der Waals surface area contributed by atoms with E-state index < -0.39 is 0 Å². The number of nitrogens with one attached hydrogen (secondary N) is 1. The molecule has 0 aliphatic rings. The second-order valence-electron chi connectivity index (χ2n) is 3.49. The average molecular weight is 252 g/mol. The first kappa shape index (κ1) is 12.3. The van der Waals surface area contributed by atoms with E-state index in [0.29, 0.717) is 23.0 Å². The van der Waals surface area contributed by atoms with Crippen molar-refractivity contribution in [1.82, 2.24) is 10.1 Å². The molecular formula is C12H8N6O. The largest absolute Gasteiger partial charge is 0.334 e. The third-order valence-corrected chi connectivity index (χ3v) is 2.19. The number of rotatable bonds is 3. The number of anilines is 1. The van der Waals surface area contributed by atoms with Crippen LogP contribution in [-0.4, -0.2) is 15.9 Å². The number of hydrogen-bond acceptors (Lipinski definition) is 7. The van der Waals surface area contributed by atoms with E-state index in [9.17, 15) is 0 Å². The van der Waals surface area contributed by atoms with Gasteiger partial charge in [0.2, 0.25) is 5.71 Å². The summed E-state index contributed by atoms with van der Waals surface area (Å²) in [6.07, 6.45) is 0. The summed E-state index contributed by atoms with van der Waals surface area (Å²) in [4.78, 5) is 4.11. The molecule has 0 aliphatic carbocycles. The van der Waals surface area contributed by atoms with Gasteiger partial charge in [-0.25, -0.2) is 0 Å². The van der Waals surface area contributed by atoms with E-state index in [1.165, 1.54) is 0 Å². The van der Waals surface area contributed by atoms with Gasteiger partial charge in [-0.2, -0.15) is 20.6 Å². The SMILES string of the molecule is Cc1noc(-c2ccccc2NN=C(C#N)C#N)n1. The van der Waals surface area contributed by atoms with Crippen LogP contribution in [0.1, 0.15) is 5.82 Å². The van der Waals surface area contributed by atoms with Gasteiger partial charge in [-0.3, -0.25) is 5.43 Å². The number of benzene rings is 1. The first-order valence-electron chi connectivity index (χ1n) is 5.28. The summed E-state index contributed by atoms with van der Waals surface area (Å²) in [5.41, 5.74) is 3.58. The van der Waals surface area contributed by atoms with Gasteiger partial charge in [-0.1, -0.05) is 17.3 Å². The Morgan fingerprint density at radius 3 is 2.68 bits per heavy atom. The molecule has 1 aromatic carbocycles. The zero-order valence-corrected chi connectivity index (χ0v) is 9.95. The number of para-hydroxylation sites is 1. The molecule has 0 aliphatic heterocycles. The number of aromatic nitrogens is 2. The fourth-order valence-corrected chi connectivity index (χ4v) is 1.36. The molecule has 0 saturated heterocycles. The fourth-order valence-electron chi connectivity index (χ4n) is 1.36. The van der Waals surface area contributed by atoms with Crippen molar-refractivity contribution in [3.63, 3.8) is 0 Å². The molecule has 2 rings (SSSR count). The highest BCUT2D eigenvalue weighted by atomic mass is 16.5. The van der Waals surface area contributed by atoms with Crippen molar-refractivity contribution in [3.05, 3.63) is 30.1 Å². The highest BCUT2D eigenvalue weighted by molar-refractivity contribution is 6.10. The van der Waals surface area contributed by atoms with Crippen LogP contribution in [0.15, 0.2) is 33.9 Å². The minimum absolute atomic E-state index is 0.267. The maximum absolute atomic E-state index is 8.61. The predicted molar refractivity (Wildman–Crippen MR) is 66.8 cm³/mol. The van der Waals surface area contributed by atoms with Crippen LogP contribution in [0.2, 0.25) is 0 Å². The standard InChI is InChI=1S/C12H8N6O/c1-8-15-12(19-18-8)10-4-2-3-5-11(10)17-16-9(6-13)7-14/h2-5,17H,1H3. The molecule has 0 bridgehead atoms. The Kier molecular flexibility index (Phi) is 3.51. The van der Waals surface area contributed by atoms with E-state index in [1.807, 2.05) is 0 Å². The van der Waals surface area contributed by atoms with Crippen LogP contribution in [0.4, 0.5) is 5.69 Å².